The van der Waals surface area contributed by atoms with E-state index in [1.54, 1.807) is 24.0 Å². The van der Waals surface area contributed by atoms with Crippen LogP contribution in [0.3, 0.4) is 0 Å². The van der Waals surface area contributed by atoms with Gasteiger partial charge >= 0.3 is 0 Å². The average molecular weight is 423 g/mol. The zero-order valence-corrected chi connectivity index (χ0v) is 17.0. The lowest BCUT2D eigenvalue weighted by molar-refractivity contribution is 0.101. The van der Waals surface area contributed by atoms with Gasteiger partial charge in [0.25, 0.3) is 5.91 Å². The van der Waals surface area contributed by atoms with Crippen LogP contribution < -0.4 is 10.1 Å². The Morgan fingerprint density at radius 3 is 2.83 bits per heavy atom. The van der Waals surface area contributed by atoms with Gasteiger partial charge in [0.1, 0.15) is 18.1 Å². The largest absolute Gasteiger partial charge is 0.489 e. The summed E-state index contributed by atoms with van der Waals surface area (Å²) < 4.78 is 12.7. The Kier molecular flexibility index (Phi) is 5.81. The minimum absolute atomic E-state index is 0.177. The van der Waals surface area contributed by atoms with E-state index in [4.69, 9.17) is 20.9 Å². The maximum atomic E-state index is 12.7. The molecule has 0 spiro atoms. The lowest BCUT2D eigenvalue weighted by Crippen LogP contribution is -2.15. The highest BCUT2D eigenvalue weighted by atomic mass is 35.5. The summed E-state index contributed by atoms with van der Waals surface area (Å²) in [4.78, 5) is 12.7. The normalized spacial score (nSPS) is 10.7. The molecule has 2 aromatic heterocycles. The molecule has 0 aliphatic rings. The van der Waals surface area contributed by atoms with Crippen LogP contribution in [0, 0.1) is 6.92 Å². The number of anilines is 1. The summed E-state index contributed by atoms with van der Waals surface area (Å²) in [6, 6.07) is 16.9. The topological polar surface area (TPSA) is 82.2 Å². The number of ether oxygens (including phenoxy) is 1. The van der Waals surface area contributed by atoms with E-state index in [0.29, 0.717) is 34.3 Å². The summed E-state index contributed by atoms with van der Waals surface area (Å²) in [5.41, 5.74) is 2.35. The number of halogens is 1. The van der Waals surface area contributed by atoms with Crippen LogP contribution in [0.2, 0.25) is 5.02 Å². The van der Waals surface area contributed by atoms with Crippen molar-refractivity contribution < 1.29 is 14.1 Å². The molecule has 0 saturated carbocycles. The number of nitrogens with zero attached hydrogens (tertiary/aromatic N) is 3. The average Bonchev–Trinajstić information content (AvgIpc) is 3.33. The van der Waals surface area contributed by atoms with E-state index >= 15 is 0 Å². The van der Waals surface area contributed by atoms with Crippen LogP contribution in [0.1, 0.15) is 27.4 Å². The molecule has 0 aliphatic heterocycles. The second-order valence-electron chi connectivity index (χ2n) is 6.68. The van der Waals surface area contributed by atoms with Gasteiger partial charge in [0.15, 0.2) is 5.69 Å². The van der Waals surface area contributed by atoms with Crippen LogP contribution in [-0.2, 0) is 13.2 Å². The third-order valence-electron chi connectivity index (χ3n) is 4.45. The maximum Gasteiger partial charge on any atom is 0.278 e. The van der Waals surface area contributed by atoms with Crippen molar-refractivity contribution in [3.05, 3.63) is 94.6 Å². The van der Waals surface area contributed by atoms with Crippen LogP contribution >= 0.6 is 11.6 Å². The van der Waals surface area contributed by atoms with Gasteiger partial charge in [0.05, 0.1) is 24.0 Å². The smallest absolute Gasteiger partial charge is 0.278 e. The van der Waals surface area contributed by atoms with Gasteiger partial charge in [0, 0.05) is 11.2 Å². The zero-order valence-electron chi connectivity index (χ0n) is 16.2. The van der Waals surface area contributed by atoms with Gasteiger partial charge < -0.3 is 14.6 Å². The molecule has 0 bridgehead atoms. The Balaban J connectivity index is 1.42. The van der Waals surface area contributed by atoms with Crippen molar-refractivity contribution in [3.63, 3.8) is 0 Å². The molecular weight excluding hydrogens is 404 g/mol. The molecule has 0 aliphatic carbocycles. The molecule has 0 fully saturated rings. The minimum atomic E-state index is -0.388. The van der Waals surface area contributed by atoms with Crippen molar-refractivity contribution in [2.75, 3.05) is 5.32 Å². The third-order valence-corrected chi connectivity index (χ3v) is 4.69. The fourth-order valence-corrected chi connectivity index (χ4v) is 3.15. The van der Waals surface area contributed by atoms with E-state index < -0.39 is 0 Å². The van der Waals surface area contributed by atoms with Gasteiger partial charge in [-0.1, -0.05) is 47.1 Å². The second-order valence-corrected chi connectivity index (χ2v) is 7.11. The van der Waals surface area contributed by atoms with E-state index in [-0.39, 0.29) is 18.2 Å². The highest BCUT2D eigenvalue weighted by Crippen LogP contribution is 2.19. The fourth-order valence-electron chi connectivity index (χ4n) is 2.94. The van der Waals surface area contributed by atoms with Crippen molar-refractivity contribution >= 4 is 23.2 Å². The minimum Gasteiger partial charge on any atom is -0.489 e. The highest BCUT2D eigenvalue weighted by Gasteiger charge is 2.21. The molecule has 7 nitrogen and oxygen atoms in total. The fraction of sp³-hybridized carbons (Fsp3) is 0.136. The molecule has 4 rings (SSSR count). The molecule has 2 heterocycles. The van der Waals surface area contributed by atoms with Crippen LogP contribution in [0.25, 0.3) is 0 Å². The van der Waals surface area contributed by atoms with Crippen molar-refractivity contribution in [3.8, 4) is 5.75 Å². The monoisotopic (exact) mass is 422 g/mol. The van der Waals surface area contributed by atoms with Gasteiger partial charge in [-0.15, -0.1) is 0 Å². The Morgan fingerprint density at radius 1 is 1.20 bits per heavy atom. The molecule has 1 N–H and O–H groups in total. The van der Waals surface area contributed by atoms with Crippen LogP contribution in [0.5, 0.6) is 5.75 Å². The summed E-state index contributed by atoms with van der Waals surface area (Å²) >= 11 is 6.02. The Bertz CT molecular complexity index is 1150. The van der Waals surface area contributed by atoms with E-state index in [1.807, 2.05) is 54.6 Å². The van der Waals surface area contributed by atoms with Gasteiger partial charge in [-0.25, -0.2) is 0 Å². The quantitative estimate of drug-likeness (QED) is 0.466. The Hall–Kier alpha value is -3.58. The van der Waals surface area contributed by atoms with Crippen molar-refractivity contribution in [2.24, 2.45) is 0 Å². The molecule has 4 aromatic rings. The summed E-state index contributed by atoms with van der Waals surface area (Å²) in [6.45, 7) is 2.46. The Morgan fingerprint density at radius 2 is 2.03 bits per heavy atom. The van der Waals surface area contributed by atoms with E-state index in [1.165, 1.54) is 0 Å². The summed E-state index contributed by atoms with van der Waals surface area (Å²) in [5, 5.41) is 11.6. The third kappa shape index (κ3) is 4.69. The first-order valence-corrected chi connectivity index (χ1v) is 9.67. The maximum absolute atomic E-state index is 12.7. The van der Waals surface area contributed by atoms with Crippen molar-refractivity contribution in [1.82, 2.24) is 14.9 Å². The van der Waals surface area contributed by atoms with Gasteiger partial charge in [-0.3, -0.25) is 9.48 Å². The van der Waals surface area contributed by atoms with E-state index in [2.05, 4.69) is 15.6 Å². The number of carbonyl (C=O) groups is 1. The number of amides is 1. The molecule has 8 heteroatoms. The van der Waals surface area contributed by atoms with Gasteiger partial charge in [-0.2, -0.15) is 5.10 Å². The molecule has 1 amide bonds. The van der Waals surface area contributed by atoms with E-state index in [0.717, 1.165) is 5.56 Å². The van der Waals surface area contributed by atoms with Crippen molar-refractivity contribution in [1.29, 1.82) is 0 Å². The number of hydrogen-bond donors (Lipinski definition) is 1. The van der Waals surface area contributed by atoms with Crippen LogP contribution in [0.4, 0.5) is 5.69 Å². The zero-order chi connectivity index (χ0) is 20.9. The number of nitrogens with one attached hydrogen (secondary N) is 1. The first-order valence-electron chi connectivity index (χ1n) is 9.30. The molecule has 30 heavy (non-hydrogen) atoms. The predicted molar refractivity (Wildman–Crippen MR) is 113 cm³/mol. The van der Waals surface area contributed by atoms with Gasteiger partial charge in [0.2, 0.25) is 0 Å². The Labute approximate surface area is 178 Å². The number of benzene rings is 2. The highest BCUT2D eigenvalue weighted by molar-refractivity contribution is 6.30. The standard InChI is InChI=1S/C22H19ClN4O3/c1-15-20(14-29-19-8-3-2-4-9-19)21(26-30-15)22(28)25-18-11-24-27(13-18)12-16-6-5-7-17(23)10-16/h2-11,13H,12,14H2,1H3,(H,25,28). The summed E-state index contributed by atoms with van der Waals surface area (Å²) in [5.74, 6) is 0.847. The summed E-state index contributed by atoms with van der Waals surface area (Å²) in [7, 11) is 0. The molecule has 2 aromatic carbocycles. The predicted octanol–water partition coefficient (Wildman–Crippen LogP) is 4.71. The number of aromatic nitrogens is 3. The van der Waals surface area contributed by atoms with Crippen molar-refractivity contribution in [2.45, 2.75) is 20.1 Å². The number of rotatable bonds is 7. The molecule has 0 atom stereocenters. The lowest BCUT2D eigenvalue weighted by atomic mass is 10.2. The number of para-hydroxylation sites is 1. The first kappa shape index (κ1) is 19.7. The van der Waals surface area contributed by atoms with E-state index in [9.17, 15) is 4.79 Å². The van der Waals surface area contributed by atoms with Crippen LogP contribution in [-0.4, -0.2) is 20.8 Å². The lowest BCUT2D eigenvalue weighted by Gasteiger charge is -2.06. The second kappa shape index (κ2) is 8.84. The number of hydrogen-bond acceptors (Lipinski definition) is 5. The molecule has 0 radical (unpaired) electrons. The molecule has 0 unspecified atom stereocenters. The molecule has 0 saturated heterocycles. The first-order chi connectivity index (χ1) is 14.6. The molecular formula is C22H19ClN4O3. The SMILES string of the molecule is Cc1onc(C(=O)Nc2cnn(Cc3cccc(Cl)c3)c2)c1COc1ccccc1. The van der Waals surface area contributed by atoms with Gasteiger partial charge in [-0.05, 0) is 36.8 Å². The number of aryl methyl sites for hydroxylation is 1. The summed E-state index contributed by atoms with van der Waals surface area (Å²) in [6.07, 6.45) is 3.32. The van der Waals surface area contributed by atoms with Crippen LogP contribution in [0.15, 0.2) is 71.5 Å². The number of carbonyl (C=O) groups excluding carboxylic acids is 1. The molecule has 152 valence electrons.